The van der Waals surface area contributed by atoms with Gasteiger partial charge >= 0.3 is 0 Å². The van der Waals surface area contributed by atoms with Crippen LogP contribution in [-0.2, 0) is 6.42 Å². The number of benzene rings is 1. The van der Waals surface area contributed by atoms with E-state index in [0.717, 1.165) is 29.8 Å². The third-order valence-corrected chi connectivity index (χ3v) is 4.83. The number of rotatable bonds is 8. The number of allylic oxidation sites excluding steroid dienone is 1. The van der Waals surface area contributed by atoms with Crippen LogP contribution in [0.2, 0.25) is 5.02 Å². The van der Waals surface area contributed by atoms with E-state index in [0.29, 0.717) is 24.7 Å². The first kappa shape index (κ1) is 19.4. The van der Waals surface area contributed by atoms with Gasteiger partial charge in [-0.3, -0.25) is 4.79 Å². The maximum atomic E-state index is 12.3. The lowest BCUT2D eigenvalue weighted by molar-refractivity contribution is 0.0949. The summed E-state index contributed by atoms with van der Waals surface area (Å²) in [5.74, 6) is 0.298. The van der Waals surface area contributed by atoms with Crippen LogP contribution in [0.25, 0.3) is 0 Å². The minimum absolute atomic E-state index is 0.160. The van der Waals surface area contributed by atoms with Gasteiger partial charge in [0.2, 0.25) is 5.95 Å². The molecule has 0 saturated heterocycles. The van der Waals surface area contributed by atoms with E-state index in [9.17, 15) is 4.79 Å². The molecule has 1 aliphatic carbocycles. The number of nitrogens with one attached hydrogen (secondary N) is 2. The highest BCUT2D eigenvalue weighted by atomic mass is 35.5. The molecular weight excluding hydrogens is 360 g/mol. The average molecular weight is 385 g/mol. The van der Waals surface area contributed by atoms with Crippen molar-refractivity contribution in [3.63, 3.8) is 0 Å². The number of amides is 1. The highest BCUT2D eigenvalue weighted by Crippen LogP contribution is 2.19. The van der Waals surface area contributed by atoms with E-state index in [1.807, 2.05) is 24.3 Å². The Labute approximate surface area is 165 Å². The molecule has 3 rings (SSSR count). The Balaban J connectivity index is 1.45. The summed E-state index contributed by atoms with van der Waals surface area (Å²) >= 11 is 5.99. The summed E-state index contributed by atoms with van der Waals surface area (Å²) in [4.78, 5) is 20.8. The van der Waals surface area contributed by atoms with Crippen LogP contribution in [0, 0.1) is 0 Å². The smallest absolute Gasteiger partial charge is 0.270 e. The number of hydrogen-bond donors (Lipinski definition) is 2. The zero-order valence-corrected chi connectivity index (χ0v) is 16.1. The summed E-state index contributed by atoms with van der Waals surface area (Å²) in [6.07, 6.45) is 10.5. The molecule has 0 aliphatic heterocycles. The molecule has 0 fully saturated rings. The van der Waals surface area contributed by atoms with Gasteiger partial charge in [-0.2, -0.15) is 0 Å². The number of hydrogen-bond acceptors (Lipinski definition) is 4. The average Bonchev–Trinajstić information content (AvgIpc) is 2.69. The monoisotopic (exact) mass is 384 g/mol. The van der Waals surface area contributed by atoms with Gasteiger partial charge in [0, 0.05) is 24.3 Å². The Hall–Kier alpha value is -2.40. The van der Waals surface area contributed by atoms with Crippen molar-refractivity contribution >= 4 is 23.5 Å². The van der Waals surface area contributed by atoms with Crippen LogP contribution in [0.5, 0.6) is 0 Å². The molecule has 0 unspecified atom stereocenters. The van der Waals surface area contributed by atoms with Crippen LogP contribution in [-0.4, -0.2) is 29.0 Å². The van der Waals surface area contributed by atoms with E-state index >= 15 is 0 Å². The van der Waals surface area contributed by atoms with Crippen molar-refractivity contribution in [1.29, 1.82) is 0 Å². The van der Waals surface area contributed by atoms with Gasteiger partial charge in [-0.1, -0.05) is 35.4 Å². The number of anilines is 1. The van der Waals surface area contributed by atoms with Crippen molar-refractivity contribution in [1.82, 2.24) is 15.3 Å². The Kier molecular flexibility index (Phi) is 7.22. The van der Waals surface area contributed by atoms with Gasteiger partial charge < -0.3 is 10.6 Å². The molecular formula is C21H25ClN4O. The van der Waals surface area contributed by atoms with Crippen molar-refractivity contribution < 1.29 is 4.79 Å². The molecule has 5 nitrogen and oxygen atoms in total. The first-order valence-corrected chi connectivity index (χ1v) is 9.86. The Morgan fingerprint density at radius 3 is 2.89 bits per heavy atom. The molecule has 1 aromatic carbocycles. The van der Waals surface area contributed by atoms with Gasteiger partial charge in [-0.25, -0.2) is 9.97 Å². The number of nitrogens with zero attached hydrogens (tertiary/aromatic N) is 2. The second-order valence-corrected chi connectivity index (χ2v) is 7.12. The number of carbonyl (C=O) groups excluding carboxylic acids is 1. The Morgan fingerprint density at radius 1 is 1.15 bits per heavy atom. The second kappa shape index (κ2) is 10.1. The fraction of sp³-hybridized carbons (Fsp3) is 0.381. The van der Waals surface area contributed by atoms with Crippen LogP contribution < -0.4 is 10.6 Å². The fourth-order valence-corrected chi connectivity index (χ4v) is 3.35. The molecule has 0 spiro atoms. The minimum Gasteiger partial charge on any atom is -0.354 e. The SMILES string of the molecule is O=C(NCCC1=CCCCC1)c1ccnc(NCCc2cccc(Cl)c2)n1. The lowest BCUT2D eigenvalue weighted by Gasteiger charge is -2.13. The van der Waals surface area contributed by atoms with Crippen molar-refractivity contribution in [3.05, 3.63) is 64.5 Å². The topological polar surface area (TPSA) is 66.9 Å². The molecule has 1 aromatic heterocycles. The predicted molar refractivity (Wildman–Crippen MR) is 109 cm³/mol. The van der Waals surface area contributed by atoms with Gasteiger partial charge in [0.15, 0.2) is 0 Å². The van der Waals surface area contributed by atoms with Crippen molar-refractivity contribution in [2.24, 2.45) is 0 Å². The van der Waals surface area contributed by atoms with Gasteiger partial charge in [0.05, 0.1) is 0 Å². The lowest BCUT2D eigenvalue weighted by Crippen LogP contribution is -2.26. The fourth-order valence-electron chi connectivity index (χ4n) is 3.14. The van der Waals surface area contributed by atoms with E-state index in [4.69, 9.17) is 11.6 Å². The number of carbonyl (C=O) groups is 1. The third-order valence-electron chi connectivity index (χ3n) is 4.59. The third kappa shape index (κ3) is 6.36. The first-order valence-electron chi connectivity index (χ1n) is 9.48. The zero-order chi connectivity index (χ0) is 18.9. The molecule has 1 heterocycles. The summed E-state index contributed by atoms with van der Waals surface area (Å²) in [6, 6.07) is 9.39. The molecule has 2 N–H and O–H groups in total. The van der Waals surface area contributed by atoms with Gasteiger partial charge in [-0.15, -0.1) is 0 Å². The highest BCUT2D eigenvalue weighted by molar-refractivity contribution is 6.30. The van der Waals surface area contributed by atoms with Crippen molar-refractivity contribution in [3.8, 4) is 0 Å². The summed E-state index contributed by atoms with van der Waals surface area (Å²) in [6.45, 7) is 1.31. The van der Waals surface area contributed by atoms with Crippen LogP contribution in [0.1, 0.15) is 48.2 Å². The van der Waals surface area contributed by atoms with Crippen LogP contribution in [0.3, 0.4) is 0 Å². The van der Waals surface area contributed by atoms with E-state index in [2.05, 4.69) is 26.7 Å². The van der Waals surface area contributed by atoms with Crippen molar-refractivity contribution in [2.75, 3.05) is 18.4 Å². The normalized spacial score (nSPS) is 13.7. The van der Waals surface area contributed by atoms with E-state index in [-0.39, 0.29) is 5.91 Å². The van der Waals surface area contributed by atoms with Crippen LogP contribution in [0.4, 0.5) is 5.95 Å². The number of aromatic nitrogens is 2. The molecule has 0 saturated carbocycles. The van der Waals surface area contributed by atoms with Gasteiger partial charge in [0.25, 0.3) is 5.91 Å². The maximum Gasteiger partial charge on any atom is 0.270 e. The van der Waals surface area contributed by atoms with Gasteiger partial charge in [-0.05, 0) is 62.3 Å². The standard InChI is InChI=1S/C21H25ClN4O/c22-18-8-4-7-17(15-18)10-13-24-21-25-14-11-19(26-21)20(27)23-12-9-16-5-2-1-3-6-16/h4-5,7-8,11,14-15H,1-3,6,9-10,12-13H2,(H,23,27)(H,24,25,26). The summed E-state index contributed by atoms with van der Waals surface area (Å²) in [7, 11) is 0. The Bertz CT molecular complexity index is 806. The molecule has 1 aliphatic rings. The largest absolute Gasteiger partial charge is 0.354 e. The zero-order valence-electron chi connectivity index (χ0n) is 15.4. The Morgan fingerprint density at radius 2 is 2.07 bits per heavy atom. The summed E-state index contributed by atoms with van der Waals surface area (Å²) in [5.41, 5.74) is 2.97. The minimum atomic E-state index is -0.160. The molecule has 1 amide bonds. The molecule has 2 aromatic rings. The molecule has 6 heteroatoms. The summed E-state index contributed by atoms with van der Waals surface area (Å²) < 4.78 is 0. The maximum absolute atomic E-state index is 12.3. The molecule has 0 bridgehead atoms. The molecule has 0 atom stereocenters. The first-order chi connectivity index (χ1) is 13.2. The number of halogens is 1. The summed E-state index contributed by atoms with van der Waals surface area (Å²) in [5, 5.41) is 6.84. The van der Waals surface area contributed by atoms with Crippen LogP contribution in [0.15, 0.2) is 48.2 Å². The molecule has 142 valence electrons. The molecule has 0 radical (unpaired) electrons. The van der Waals surface area contributed by atoms with E-state index in [1.165, 1.54) is 24.8 Å². The second-order valence-electron chi connectivity index (χ2n) is 6.69. The highest BCUT2D eigenvalue weighted by Gasteiger charge is 2.09. The van der Waals surface area contributed by atoms with E-state index in [1.54, 1.807) is 12.3 Å². The van der Waals surface area contributed by atoms with Crippen LogP contribution >= 0.6 is 11.6 Å². The lowest BCUT2D eigenvalue weighted by atomic mass is 9.97. The predicted octanol–water partition coefficient (Wildman–Crippen LogP) is 4.40. The van der Waals surface area contributed by atoms with E-state index < -0.39 is 0 Å². The van der Waals surface area contributed by atoms with Gasteiger partial charge in [0.1, 0.15) is 5.69 Å². The molecule has 27 heavy (non-hydrogen) atoms. The van der Waals surface area contributed by atoms with Crippen molar-refractivity contribution in [2.45, 2.75) is 38.5 Å². The quantitative estimate of drug-likeness (QED) is 0.662.